The van der Waals surface area contributed by atoms with Gasteiger partial charge in [-0.05, 0) is 31.8 Å². The molecule has 0 spiro atoms. The van der Waals surface area contributed by atoms with Crippen LogP contribution >= 0.6 is 11.6 Å². The minimum atomic E-state index is -0.834. The Morgan fingerprint density at radius 2 is 1.93 bits per heavy atom. The van der Waals surface area contributed by atoms with E-state index in [0.29, 0.717) is 11.4 Å². The summed E-state index contributed by atoms with van der Waals surface area (Å²) in [5.41, 5.74) is 0.684. The van der Waals surface area contributed by atoms with E-state index in [9.17, 15) is 8.78 Å². The van der Waals surface area contributed by atoms with Crippen molar-refractivity contribution in [3.63, 3.8) is 0 Å². The third-order valence-electron chi connectivity index (χ3n) is 2.10. The third kappa shape index (κ3) is 2.42. The maximum atomic E-state index is 12.9. The number of benzene rings is 1. The molecule has 0 aliphatic rings. The molecule has 4 heteroatoms. The van der Waals surface area contributed by atoms with Crippen LogP contribution in [0.3, 0.4) is 0 Å². The molecule has 78 valence electrons. The second kappa shape index (κ2) is 4.71. The van der Waals surface area contributed by atoms with Gasteiger partial charge in [0.05, 0.1) is 0 Å². The molecule has 0 saturated carbocycles. The Morgan fingerprint density at radius 3 is 2.36 bits per heavy atom. The van der Waals surface area contributed by atoms with Crippen molar-refractivity contribution in [1.82, 2.24) is 4.90 Å². The van der Waals surface area contributed by atoms with Crippen molar-refractivity contribution in [2.75, 3.05) is 20.0 Å². The molecule has 0 aliphatic heterocycles. The van der Waals surface area contributed by atoms with E-state index in [2.05, 4.69) is 0 Å². The monoisotopic (exact) mass is 219 g/mol. The summed E-state index contributed by atoms with van der Waals surface area (Å²) in [6.45, 7) is 0. The molecule has 0 bridgehead atoms. The highest BCUT2D eigenvalue weighted by Crippen LogP contribution is 2.21. The van der Waals surface area contributed by atoms with Crippen LogP contribution in [0.15, 0.2) is 18.2 Å². The van der Waals surface area contributed by atoms with Crippen molar-refractivity contribution in [1.29, 1.82) is 0 Å². The SMILES string of the molecule is CN(C)C(CCl)c1ccc(F)c(F)c1. The molecule has 1 aromatic rings. The Kier molecular flexibility index (Phi) is 3.84. The Labute approximate surface area is 87.3 Å². The van der Waals surface area contributed by atoms with Crippen molar-refractivity contribution in [2.24, 2.45) is 0 Å². The van der Waals surface area contributed by atoms with Gasteiger partial charge >= 0.3 is 0 Å². The van der Waals surface area contributed by atoms with E-state index >= 15 is 0 Å². The number of nitrogens with zero attached hydrogens (tertiary/aromatic N) is 1. The first-order valence-corrected chi connectivity index (χ1v) is 4.77. The molecule has 1 rings (SSSR count). The lowest BCUT2D eigenvalue weighted by atomic mass is 10.1. The van der Waals surface area contributed by atoms with Crippen molar-refractivity contribution in [2.45, 2.75) is 6.04 Å². The molecule has 1 aromatic carbocycles. The second-order valence-corrected chi connectivity index (χ2v) is 3.62. The van der Waals surface area contributed by atoms with Gasteiger partial charge in [-0.15, -0.1) is 11.6 Å². The Morgan fingerprint density at radius 1 is 1.29 bits per heavy atom. The standard InChI is InChI=1S/C10H12ClF2N/c1-14(2)10(6-11)7-3-4-8(12)9(13)5-7/h3-5,10H,6H2,1-2H3. The van der Waals surface area contributed by atoms with Crippen LogP contribution in [0, 0.1) is 11.6 Å². The van der Waals surface area contributed by atoms with Gasteiger partial charge in [-0.2, -0.15) is 0 Å². The van der Waals surface area contributed by atoms with Crippen molar-refractivity contribution in [3.8, 4) is 0 Å². The summed E-state index contributed by atoms with van der Waals surface area (Å²) in [5, 5.41) is 0. The molecule has 0 radical (unpaired) electrons. The van der Waals surface area contributed by atoms with Gasteiger partial charge in [0.2, 0.25) is 0 Å². The molecule has 0 fully saturated rings. The fraction of sp³-hybridized carbons (Fsp3) is 0.400. The molecule has 1 unspecified atom stereocenters. The molecule has 0 N–H and O–H groups in total. The molecule has 1 nitrogen and oxygen atoms in total. The lowest BCUT2D eigenvalue weighted by Crippen LogP contribution is -2.21. The van der Waals surface area contributed by atoms with Gasteiger partial charge in [0, 0.05) is 11.9 Å². The van der Waals surface area contributed by atoms with E-state index in [0.717, 1.165) is 6.07 Å². The number of hydrogen-bond donors (Lipinski definition) is 0. The van der Waals surface area contributed by atoms with E-state index in [1.165, 1.54) is 6.07 Å². The van der Waals surface area contributed by atoms with Crippen molar-refractivity contribution in [3.05, 3.63) is 35.4 Å². The van der Waals surface area contributed by atoms with Gasteiger partial charge in [0.25, 0.3) is 0 Å². The fourth-order valence-corrected chi connectivity index (χ4v) is 1.70. The predicted molar refractivity (Wildman–Crippen MR) is 53.5 cm³/mol. The van der Waals surface area contributed by atoms with Gasteiger partial charge in [-0.25, -0.2) is 8.78 Å². The van der Waals surface area contributed by atoms with Gasteiger partial charge in [-0.1, -0.05) is 6.07 Å². The van der Waals surface area contributed by atoms with Crippen molar-refractivity contribution < 1.29 is 8.78 Å². The maximum absolute atomic E-state index is 12.9. The average Bonchev–Trinajstić information content (AvgIpc) is 2.11. The first-order chi connectivity index (χ1) is 6.56. The molecule has 14 heavy (non-hydrogen) atoms. The van der Waals surface area contributed by atoms with Crippen LogP contribution in [0.4, 0.5) is 8.78 Å². The summed E-state index contributed by atoms with van der Waals surface area (Å²) in [4.78, 5) is 1.86. The highest BCUT2D eigenvalue weighted by molar-refractivity contribution is 6.18. The summed E-state index contributed by atoms with van der Waals surface area (Å²) < 4.78 is 25.5. The zero-order chi connectivity index (χ0) is 10.7. The highest BCUT2D eigenvalue weighted by Gasteiger charge is 2.14. The first kappa shape index (κ1) is 11.4. The first-order valence-electron chi connectivity index (χ1n) is 4.23. The minimum Gasteiger partial charge on any atom is -0.301 e. The van der Waals surface area contributed by atoms with Gasteiger partial charge < -0.3 is 4.90 Å². The van der Waals surface area contributed by atoms with Gasteiger partial charge in [-0.3, -0.25) is 0 Å². The largest absolute Gasteiger partial charge is 0.301 e. The van der Waals surface area contributed by atoms with Gasteiger partial charge in [0.15, 0.2) is 11.6 Å². The number of halogens is 3. The third-order valence-corrected chi connectivity index (χ3v) is 2.39. The molecule has 0 amide bonds. The summed E-state index contributed by atoms with van der Waals surface area (Å²) in [7, 11) is 3.68. The van der Waals surface area contributed by atoms with Crippen LogP contribution < -0.4 is 0 Å². The Bertz CT molecular complexity index is 315. The summed E-state index contributed by atoms with van der Waals surface area (Å²) >= 11 is 5.73. The van der Waals surface area contributed by atoms with Crippen LogP contribution in [0.5, 0.6) is 0 Å². The summed E-state index contributed by atoms with van der Waals surface area (Å²) in [6.07, 6.45) is 0. The zero-order valence-electron chi connectivity index (χ0n) is 8.10. The lowest BCUT2D eigenvalue weighted by molar-refractivity contribution is 0.323. The molecule has 0 heterocycles. The quantitative estimate of drug-likeness (QED) is 0.707. The van der Waals surface area contributed by atoms with Gasteiger partial charge in [0.1, 0.15) is 0 Å². The Balaban J connectivity index is 3.00. The van der Waals surface area contributed by atoms with Crippen LogP contribution in [0.2, 0.25) is 0 Å². The second-order valence-electron chi connectivity index (χ2n) is 3.31. The number of hydrogen-bond acceptors (Lipinski definition) is 1. The van der Waals surface area contributed by atoms with E-state index < -0.39 is 11.6 Å². The van der Waals surface area contributed by atoms with E-state index in [1.54, 1.807) is 6.07 Å². The average molecular weight is 220 g/mol. The lowest BCUT2D eigenvalue weighted by Gasteiger charge is -2.22. The molecule has 1 atom stereocenters. The molecular weight excluding hydrogens is 208 g/mol. The number of rotatable bonds is 3. The maximum Gasteiger partial charge on any atom is 0.159 e. The molecule has 0 saturated heterocycles. The van der Waals surface area contributed by atoms with Crippen LogP contribution in [-0.4, -0.2) is 24.9 Å². The molecular formula is C10H12ClF2N. The van der Waals surface area contributed by atoms with Crippen LogP contribution in [0.25, 0.3) is 0 Å². The van der Waals surface area contributed by atoms with Crippen LogP contribution in [0.1, 0.15) is 11.6 Å². The van der Waals surface area contributed by atoms with Crippen LogP contribution in [-0.2, 0) is 0 Å². The summed E-state index contributed by atoms with van der Waals surface area (Å²) in [5.74, 6) is -1.32. The molecule has 0 aliphatic carbocycles. The Hall–Kier alpha value is -0.670. The summed E-state index contributed by atoms with van der Waals surface area (Å²) in [6, 6.07) is 3.76. The normalized spacial score (nSPS) is 13.3. The van der Waals surface area contributed by atoms with E-state index in [4.69, 9.17) is 11.6 Å². The highest BCUT2D eigenvalue weighted by atomic mass is 35.5. The van der Waals surface area contributed by atoms with E-state index in [1.807, 2.05) is 19.0 Å². The number of alkyl halides is 1. The van der Waals surface area contributed by atoms with Crippen molar-refractivity contribution >= 4 is 11.6 Å². The van der Waals surface area contributed by atoms with E-state index in [-0.39, 0.29) is 6.04 Å². The zero-order valence-corrected chi connectivity index (χ0v) is 8.85. The minimum absolute atomic E-state index is 0.0910. The fourth-order valence-electron chi connectivity index (χ4n) is 1.24. The smallest absolute Gasteiger partial charge is 0.159 e. The predicted octanol–water partition coefficient (Wildman–Crippen LogP) is 2.81. The topological polar surface area (TPSA) is 3.24 Å². The molecule has 0 aromatic heterocycles.